The molecule has 1 N–H and O–H groups in total. The number of para-hydroxylation sites is 1. The minimum absolute atomic E-state index is 0.0747. The van der Waals surface area contributed by atoms with E-state index in [1.165, 1.54) is 37.7 Å². The molecule has 3 heteroatoms. The maximum absolute atomic E-state index is 13.0. The number of benzene rings is 1. The Bertz CT molecular complexity index is 654. The smallest absolute Gasteiger partial charge is 0.255 e. The number of ether oxygens (including phenoxy) is 1. The molecule has 0 saturated heterocycles. The molecule has 1 amide bonds. The molecule has 0 aromatic heterocycles. The van der Waals surface area contributed by atoms with Crippen molar-refractivity contribution in [3.8, 4) is 5.75 Å². The monoisotopic (exact) mass is 325 g/mol. The Morgan fingerprint density at radius 3 is 2.38 bits per heavy atom. The molecule has 128 valence electrons. The Labute approximate surface area is 144 Å². The van der Waals surface area contributed by atoms with Gasteiger partial charge in [-0.2, -0.15) is 0 Å². The van der Waals surface area contributed by atoms with Crippen molar-refractivity contribution in [3.05, 3.63) is 29.3 Å². The van der Waals surface area contributed by atoms with Crippen LogP contribution in [0.2, 0.25) is 0 Å². The van der Waals surface area contributed by atoms with Crippen molar-refractivity contribution in [2.24, 2.45) is 23.7 Å². The number of hydrogen-bond donors (Lipinski definition) is 1. The van der Waals surface area contributed by atoms with Crippen molar-refractivity contribution in [2.75, 3.05) is 0 Å². The summed E-state index contributed by atoms with van der Waals surface area (Å²) < 4.78 is 6.02. The zero-order valence-corrected chi connectivity index (χ0v) is 14.6. The first-order chi connectivity index (χ1) is 11.6. The lowest BCUT2D eigenvalue weighted by molar-refractivity contribution is -0.0120. The highest BCUT2D eigenvalue weighted by Gasteiger charge is 2.48. The van der Waals surface area contributed by atoms with E-state index in [1.807, 2.05) is 12.1 Å². The summed E-state index contributed by atoms with van der Waals surface area (Å²) >= 11 is 0. The van der Waals surface area contributed by atoms with Gasteiger partial charge in [-0.1, -0.05) is 19.1 Å². The highest BCUT2D eigenvalue weighted by Crippen LogP contribution is 2.53. The van der Waals surface area contributed by atoms with E-state index in [-0.39, 0.29) is 12.0 Å². The third-order valence-corrected chi connectivity index (χ3v) is 7.31. The van der Waals surface area contributed by atoms with Gasteiger partial charge in [0.1, 0.15) is 11.9 Å². The van der Waals surface area contributed by atoms with Gasteiger partial charge in [-0.3, -0.25) is 4.79 Å². The maximum atomic E-state index is 13.0. The number of rotatable bonds is 2. The van der Waals surface area contributed by atoms with E-state index < -0.39 is 0 Å². The van der Waals surface area contributed by atoms with Gasteiger partial charge in [0.2, 0.25) is 0 Å². The summed E-state index contributed by atoms with van der Waals surface area (Å²) in [5, 5.41) is 3.42. The predicted molar refractivity (Wildman–Crippen MR) is 93.2 cm³/mol. The summed E-state index contributed by atoms with van der Waals surface area (Å²) in [6.45, 7) is 4.26. The summed E-state index contributed by atoms with van der Waals surface area (Å²) in [7, 11) is 0. The third-order valence-electron chi connectivity index (χ3n) is 7.31. The summed E-state index contributed by atoms with van der Waals surface area (Å²) in [5.41, 5.74) is 1.91. The number of carbonyl (C=O) groups is 1. The van der Waals surface area contributed by atoms with Crippen LogP contribution < -0.4 is 10.1 Å². The number of amides is 1. The van der Waals surface area contributed by atoms with E-state index in [1.54, 1.807) is 0 Å². The van der Waals surface area contributed by atoms with Crippen molar-refractivity contribution >= 4 is 5.91 Å². The van der Waals surface area contributed by atoms with Gasteiger partial charge in [0.25, 0.3) is 5.91 Å². The van der Waals surface area contributed by atoms with Crippen molar-refractivity contribution in [3.63, 3.8) is 0 Å². The lowest BCUT2D eigenvalue weighted by Crippen LogP contribution is -2.55. The fourth-order valence-corrected chi connectivity index (χ4v) is 6.15. The van der Waals surface area contributed by atoms with Crippen LogP contribution in [0.1, 0.15) is 67.8 Å². The molecule has 2 unspecified atom stereocenters. The summed E-state index contributed by atoms with van der Waals surface area (Å²) in [6, 6.07) is 6.41. The van der Waals surface area contributed by atoms with Gasteiger partial charge in [0, 0.05) is 17.5 Å². The second-order valence-electron chi connectivity index (χ2n) is 8.77. The van der Waals surface area contributed by atoms with Gasteiger partial charge < -0.3 is 10.1 Å². The molecule has 1 heterocycles. The lowest BCUT2D eigenvalue weighted by Gasteiger charge is -2.54. The minimum Gasteiger partial charge on any atom is -0.489 e. The molecule has 4 bridgehead atoms. The molecule has 6 rings (SSSR count). The number of fused-ring (bicyclic) bond motifs is 1. The SMILES string of the molecule is CC1Oc2c(C(=O)NC3C4CC5CC(C4)CC3C5)cccc2C1C. The van der Waals surface area contributed by atoms with Crippen molar-refractivity contribution < 1.29 is 9.53 Å². The highest BCUT2D eigenvalue weighted by molar-refractivity contribution is 5.97. The van der Waals surface area contributed by atoms with Gasteiger partial charge in [-0.05, 0) is 68.8 Å². The Kier molecular flexibility index (Phi) is 3.23. The summed E-state index contributed by atoms with van der Waals surface area (Å²) in [6.07, 6.45) is 6.91. The van der Waals surface area contributed by atoms with Gasteiger partial charge in [0.05, 0.1) is 5.56 Å². The molecule has 1 aromatic rings. The zero-order chi connectivity index (χ0) is 16.4. The lowest BCUT2D eigenvalue weighted by atomic mass is 9.54. The zero-order valence-electron chi connectivity index (χ0n) is 14.6. The molecule has 5 aliphatic rings. The van der Waals surface area contributed by atoms with Crippen LogP contribution in [0.25, 0.3) is 0 Å². The number of hydrogen-bond acceptors (Lipinski definition) is 2. The molecule has 1 aromatic carbocycles. The molecule has 4 saturated carbocycles. The minimum atomic E-state index is 0.0747. The van der Waals surface area contributed by atoms with Gasteiger partial charge in [0.15, 0.2) is 0 Å². The molecule has 4 fully saturated rings. The van der Waals surface area contributed by atoms with E-state index in [0.717, 1.165) is 23.1 Å². The second kappa shape index (κ2) is 5.24. The molecule has 0 spiro atoms. The second-order valence-corrected chi connectivity index (χ2v) is 8.77. The molecule has 4 aliphatic carbocycles. The molecule has 24 heavy (non-hydrogen) atoms. The topological polar surface area (TPSA) is 38.3 Å². The largest absolute Gasteiger partial charge is 0.489 e. The molecule has 3 nitrogen and oxygen atoms in total. The molecule has 2 atom stereocenters. The van der Waals surface area contributed by atoms with Crippen LogP contribution in [0.5, 0.6) is 5.75 Å². The Morgan fingerprint density at radius 1 is 1.04 bits per heavy atom. The van der Waals surface area contributed by atoms with Crippen LogP contribution in [0.4, 0.5) is 0 Å². The molecule has 0 radical (unpaired) electrons. The average Bonchev–Trinajstić information content (AvgIpc) is 2.85. The summed E-state index contributed by atoms with van der Waals surface area (Å²) in [5.74, 6) is 4.54. The van der Waals surface area contributed by atoms with E-state index >= 15 is 0 Å². The van der Waals surface area contributed by atoms with Crippen LogP contribution >= 0.6 is 0 Å². The van der Waals surface area contributed by atoms with Gasteiger partial charge in [-0.25, -0.2) is 0 Å². The number of carbonyl (C=O) groups excluding carboxylic acids is 1. The van der Waals surface area contributed by atoms with Crippen molar-refractivity contribution in [1.29, 1.82) is 0 Å². The van der Waals surface area contributed by atoms with E-state index in [9.17, 15) is 4.79 Å². The maximum Gasteiger partial charge on any atom is 0.255 e. The molecular weight excluding hydrogens is 298 g/mol. The Balaban J connectivity index is 1.39. The Hall–Kier alpha value is -1.51. The van der Waals surface area contributed by atoms with E-state index in [0.29, 0.717) is 23.8 Å². The molecular formula is C21H27NO2. The first-order valence-electron chi connectivity index (χ1n) is 9.70. The third kappa shape index (κ3) is 2.13. The normalized spacial score (nSPS) is 41.8. The van der Waals surface area contributed by atoms with Crippen molar-refractivity contribution in [2.45, 2.75) is 64.0 Å². The van der Waals surface area contributed by atoms with Crippen molar-refractivity contribution in [1.82, 2.24) is 5.32 Å². The van der Waals surface area contributed by atoms with Crippen LogP contribution in [0.3, 0.4) is 0 Å². The average molecular weight is 325 g/mol. The van der Waals surface area contributed by atoms with E-state index in [2.05, 4.69) is 25.2 Å². The fourth-order valence-electron chi connectivity index (χ4n) is 6.15. The predicted octanol–water partition coefficient (Wildman–Crippen LogP) is 4.13. The van der Waals surface area contributed by atoms with Crippen LogP contribution in [0.15, 0.2) is 18.2 Å². The van der Waals surface area contributed by atoms with E-state index in [4.69, 9.17) is 4.74 Å². The fraction of sp³-hybridized carbons (Fsp3) is 0.667. The summed E-state index contributed by atoms with van der Waals surface area (Å²) in [4.78, 5) is 13.0. The molecule has 1 aliphatic heterocycles. The standard InChI is InChI=1S/C21H27NO2/c1-11-12(2)24-20-17(11)4-3-5-18(20)21(23)22-19-15-7-13-6-14(9-15)10-16(19)8-13/h3-5,11-16,19H,6-10H2,1-2H3,(H,22,23). The van der Waals surface area contributed by atoms with Crippen LogP contribution in [-0.2, 0) is 0 Å². The number of nitrogens with one attached hydrogen (secondary N) is 1. The first kappa shape index (κ1) is 14.8. The van der Waals surface area contributed by atoms with Crippen LogP contribution in [-0.4, -0.2) is 18.1 Å². The first-order valence-corrected chi connectivity index (χ1v) is 9.70. The van der Waals surface area contributed by atoms with Gasteiger partial charge >= 0.3 is 0 Å². The Morgan fingerprint density at radius 2 is 1.71 bits per heavy atom. The van der Waals surface area contributed by atoms with Crippen LogP contribution in [0, 0.1) is 23.7 Å². The highest BCUT2D eigenvalue weighted by atomic mass is 16.5. The quantitative estimate of drug-likeness (QED) is 0.888. The van der Waals surface area contributed by atoms with Gasteiger partial charge in [-0.15, -0.1) is 0 Å².